The number of aromatic nitrogens is 3. The molecule has 2 aromatic carbocycles. The van der Waals surface area contributed by atoms with Crippen LogP contribution in [0.15, 0.2) is 53.7 Å². The van der Waals surface area contributed by atoms with Crippen LogP contribution in [0.4, 0.5) is 10.1 Å². The van der Waals surface area contributed by atoms with Crippen molar-refractivity contribution < 1.29 is 9.18 Å². The minimum Gasteiger partial charge on any atom is -0.366 e. The van der Waals surface area contributed by atoms with Gasteiger partial charge in [-0.25, -0.2) is 4.39 Å². The molecule has 0 unspecified atom stereocenters. The number of halogens is 2. The number of benzene rings is 2. The number of thioether (sulfide) groups is 1. The highest BCUT2D eigenvalue weighted by Gasteiger charge is 2.23. The van der Waals surface area contributed by atoms with Crippen LogP contribution in [0.1, 0.15) is 6.92 Å². The molecule has 1 amide bonds. The molecule has 0 saturated carbocycles. The van der Waals surface area contributed by atoms with E-state index < -0.39 is 0 Å². The van der Waals surface area contributed by atoms with E-state index in [1.165, 1.54) is 17.8 Å². The van der Waals surface area contributed by atoms with Crippen LogP contribution in [0.3, 0.4) is 0 Å². The van der Waals surface area contributed by atoms with E-state index in [0.717, 1.165) is 11.4 Å². The Morgan fingerprint density at radius 1 is 1.06 bits per heavy atom. The van der Waals surface area contributed by atoms with Gasteiger partial charge in [0.05, 0.1) is 11.4 Å². The number of hydrogen-bond donors (Lipinski definition) is 0. The number of carbonyl (C=O) groups excluding carboxylic acids is 1. The maximum absolute atomic E-state index is 14.0. The van der Waals surface area contributed by atoms with Gasteiger partial charge in [-0.05, 0) is 43.3 Å². The quantitative estimate of drug-likeness (QED) is 0.517. The van der Waals surface area contributed by atoms with Crippen molar-refractivity contribution in [2.24, 2.45) is 0 Å². The van der Waals surface area contributed by atoms with Crippen molar-refractivity contribution in [1.29, 1.82) is 0 Å². The lowest BCUT2D eigenvalue weighted by atomic mass is 10.2. The van der Waals surface area contributed by atoms with E-state index in [9.17, 15) is 9.18 Å². The predicted octanol–water partition coefficient (Wildman–Crippen LogP) is 4.20. The molecule has 0 radical (unpaired) electrons. The summed E-state index contributed by atoms with van der Waals surface area (Å²) < 4.78 is 16.0. The van der Waals surface area contributed by atoms with Crippen molar-refractivity contribution in [2.45, 2.75) is 18.6 Å². The summed E-state index contributed by atoms with van der Waals surface area (Å²) in [5.74, 6) is 0.871. The summed E-state index contributed by atoms with van der Waals surface area (Å²) >= 11 is 7.37. The molecular formula is C22H23ClFN5OS. The molecule has 0 bridgehead atoms. The fourth-order valence-electron chi connectivity index (χ4n) is 3.62. The molecule has 1 saturated heterocycles. The van der Waals surface area contributed by atoms with E-state index >= 15 is 0 Å². The summed E-state index contributed by atoms with van der Waals surface area (Å²) in [6, 6.07) is 14.2. The van der Waals surface area contributed by atoms with Crippen LogP contribution < -0.4 is 4.90 Å². The summed E-state index contributed by atoms with van der Waals surface area (Å²) in [6.07, 6.45) is 0. The number of nitrogens with zero attached hydrogens (tertiary/aromatic N) is 5. The summed E-state index contributed by atoms with van der Waals surface area (Å²) in [7, 11) is 0. The third-order valence-electron chi connectivity index (χ3n) is 5.29. The normalized spacial score (nSPS) is 14.2. The van der Waals surface area contributed by atoms with Gasteiger partial charge < -0.3 is 14.4 Å². The van der Waals surface area contributed by atoms with E-state index in [1.807, 2.05) is 51.6 Å². The SMILES string of the molecule is CCn1c(SCC(=O)N2CCN(c3ccccc3F)CC2)nnc1-c1ccc(Cl)cc1. The monoisotopic (exact) mass is 459 g/mol. The second kappa shape index (κ2) is 9.70. The number of amides is 1. The van der Waals surface area contributed by atoms with Gasteiger partial charge in [0.25, 0.3) is 0 Å². The highest BCUT2D eigenvalue weighted by atomic mass is 35.5. The molecule has 3 aromatic rings. The molecule has 2 heterocycles. The van der Waals surface area contributed by atoms with Crippen LogP contribution in [0.25, 0.3) is 11.4 Å². The third-order valence-corrected chi connectivity index (χ3v) is 6.49. The van der Waals surface area contributed by atoms with Crippen molar-refractivity contribution >= 4 is 35.0 Å². The molecule has 1 aromatic heterocycles. The number of carbonyl (C=O) groups is 1. The van der Waals surface area contributed by atoms with Gasteiger partial charge in [0, 0.05) is 43.3 Å². The fraction of sp³-hybridized carbons (Fsp3) is 0.318. The fourth-order valence-corrected chi connectivity index (χ4v) is 4.65. The Hall–Kier alpha value is -2.58. The van der Waals surface area contributed by atoms with Crippen molar-refractivity contribution in [1.82, 2.24) is 19.7 Å². The molecule has 0 atom stereocenters. The number of anilines is 1. The van der Waals surface area contributed by atoms with Crippen molar-refractivity contribution in [3.63, 3.8) is 0 Å². The van der Waals surface area contributed by atoms with E-state index in [2.05, 4.69) is 10.2 Å². The Kier molecular flexibility index (Phi) is 6.77. The maximum atomic E-state index is 14.0. The Bertz CT molecular complexity index is 1050. The number of para-hydroxylation sites is 1. The van der Waals surface area contributed by atoms with Crippen LogP contribution in [0.5, 0.6) is 0 Å². The Labute approximate surface area is 190 Å². The van der Waals surface area contributed by atoms with Crippen LogP contribution in [0, 0.1) is 5.82 Å². The molecule has 31 heavy (non-hydrogen) atoms. The largest absolute Gasteiger partial charge is 0.366 e. The molecule has 1 fully saturated rings. The molecule has 0 aliphatic carbocycles. The van der Waals surface area contributed by atoms with Gasteiger partial charge in [-0.2, -0.15) is 0 Å². The van der Waals surface area contributed by atoms with Gasteiger partial charge in [0.2, 0.25) is 5.91 Å². The molecule has 0 spiro atoms. The highest BCUT2D eigenvalue weighted by Crippen LogP contribution is 2.26. The zero-order valence-electron chi connectivity index (χ0n) is 17.2. The third kappa shape index (κ3) is 4.85. The molecule has 6 nitrogen and oxygen atoms in total. The van der Waals surface area contributed by atoms with Gasteiger partial charge in [0.1, 0.15) is 5.82 Å². The van der Waals surface area contributed by atoms with E-state index in [1.54, 1.807) is 12.1 Å². The standard InChI is InChI=1S/C22H23ClFN5OS/c1-2-29-21(16-7-9-17(23)10-8-16)25-26-22(29)31-15-20(30)28-13-11-27(12-14-28)19-6-4-3-5-18(19)24/h3-10H,2,11-15H2,1H3. The van der Waals surface area contributed by atoms with Gasteiger partial charge in [0.15, 0.2) is 11.0 Å². The number of hydrogen-bond acceptors (Lipinski definition) is 5. The summed E-state index contributed by atoms with van der Waals surface area (Å²) in [4.78, 5) is 16.6. The second-order valence-corrected chi connectivity index (χ2v) is 8.54. The lowest BCUT2D eigenvalue weighted by molar-refractivity contribution is -0.128. The van der Waals surface area contributed by atoms with Crippen LogP contribution in [0.2, 0.25) is 5.02 Å². The molecule has 9 heteroatoms. The van der Waals surface area contributed by atoms with Gasteiger partial charge >= 0.3 is 0 Å². The first-order valence-corrected chi connectivity index (χ1v) is 11.5. The molecular weight excluding hydrogens is 437 g/mol. The van der Waals surface area contributed by atoms with E-state index in [4.69, 9.17) is 11.6 Å². The van der Waals surface area contributed by atoms with E-state index in [-0.39, 0.29) is 11.7 Å². The maximum Gasteiger partial charge on any atom is 0.233 e. The Morgan fingerprint density at radius 2 is 1.77 bits per heavy atom. The Balaban J connectivity index is 1.35. The lowest BCUT2D eigenvalue weighted by Crippen LogP contribution is -2.49. The smallest absolute Gasteiger partial charge is 0.233 e. The predicted molar refractivity (Wildman–Crippen MR) is 122 cm³/mol. The first-order chi connectivity index (χ1) is 15.1. The zero-order valence-corrected chi connectivity index (χ0v) is 18.7. The zero-order chi connectivity index (χ0) is 21.8. The van der Waals surface area contributed by atoms with E-state index in [0.29, 0.717) is 54.3 Å². The van der Waals surface area contributed by atoms with Crippen molar-refractivity contribution in [3.8, 4) is 11.4 Å². The van der Waals surface area contributed by atoms with Gasteiger partial charge in [-0.3, -0.25) is 4.79 Å². The first kappa shape index (κ1) is 21.6. The molecule has 1 aliphatic heterocycles. The molecule has 4 rings (SSSR count). The van der Waals surface area contributed by atoms with Crippen molar-refractivity contribution in [2.75, 3.05) is 36.8 Å². The topological polar surface area (TPSA) is 54.3 Å². The molecule has 0 N–H and O–H groups in total. The van der Waals surface area contributed by atoms with Gasteiger partial charge in [-0.15, -0.1) is 10.2 Å². The van der Waals surface area contributed by atoms with Gasteiger partial charge in [-0.1, -0.05) is 35.5 Å². The molecule has 1 aliphatic rings. The summed E-state index contributed by atoms with van der Waals surface area (Å²) in [5.41, 5.74) is 1.52. The molecule has 162 valence electrons. The van der Waals surface area contributed by atoms with Crippen LogP contribution in [-0.4, -0.2) is 57.5 Å². The second-order valence-electron chi connectivity index (χ2n) is 7.17. The van der Waals surface area contributed by atoms with Crippen LogP contribution >= 0.6 is 23.4 Å². The van der Waals surface area contributed by atoms with Crippen molar-refractivity contribution in [3.05, 3.63) is 59.4 Å². The average Bonchev–Trinajstić information content (AvgIpc) is 3.21. The average molecular weight is 460 g/mol. The Morgan fingerprint density at radius 3 is 2.45 bits per heavy atom. The lowest BCUT2D eigenvalue weighted by Gasteiger charge is -2.36. The highest BCUT2D eigenvalue weighted by molar-refractivity contribution is 7.99. The number of piperazine rings is 1. The minimum absolute atomic E-state index is 0.0527. The summed E-state index contributed by atoms with van der Waals surface area (Å²) in [5, 5.41) is 9.98. The minimum atomic E-state index is -0.228. The summed E-state index contributed by atoms with van der Waals surface area (Å²) in [6.45, 7) is 5.10. The van der Waals surface area contributed by atoms with Crippen LogP contribution in [-0.2, 0) is 11.3 Å². The number of rotatable bonds is 6. The first-order valence-electron chi connectivity index (χ1n) is 10.2.